The van der Waals surface area contributed by atoms with Crippen LogP contribution < -0.4 is 5.73 Å². The molecule has 0 atom stereocenters. The van der Waals surface area contributed by atoms with Crippen LogP contribution in [0.4, 0.5) is 0 Å². The van der Waals surface area contributed by atoms with Gasteiger partial charge in [-0.25, -0.2) is 4.98 Å². The predicted octanol–water partition coefficient (Wildman–Crippen LogP) is 3.17. The lowest BCUT2D eigenvalue weighted by Crippen LogP contribution is -1.95. The lowest BCUT2D eigenvalue weighted by molar-refractivity contribution is 0.457. The summed E-state index contributed by atoms with van der Waals surface area (Å²) in [4.78, 5) is 8.22. The van der Waals surface area contributed by atoms with E-state index in [0.29, 0.717) is 23.3 Å². The molecule has 96 valence electrons. The van der Waals surface area contributed by atoms with E-state index in [9.17, 15) is 0 Å². The number of imidazole rings is 1. The zero-order chi connectivity index (χ0) is 13.1. The molecule has 3 N–H and O–H groups in total. The number of nitrogens with one attached hydrogen (secondary N) is 1. The number of hydrogen-bond acceptors (Lipinski definition) is 2. The number of hydrogen-bond donors (Lipinski definition) is 2. The van der Waals surface area contributed by atoms with E-state index >= 15 is 0 Å². The first kappa shape index (κ1) is 11.7. The first-order valence-electron chi connectivity index (χ1n) is 6.56. The van der Waals surface area contributed by atoms with Crippen molar-refractivity contribution in [1.29, 1.82) is 0 Å². The molecule has 3 heteroatoms. The summed E-state index contributed by atoms with van der Waals surface area (Å²) in [6.07, 6.45) is 0. The molecular formula is C15H21N3. The van der Waals surface area contributed by atoms with Crippen molar-refractivity contribution in [2.75, 3.05) is 0 Å². The van der Waals surface area contributed by atoms with Gasteiger partial charge in [0.05, 0.1) is 11.0 Å². The van der Waals surface area contributed by atoms with Crippen LogP contribution in [0.25, 0.3) is 11.0 Å². The van der Waals surface area contributed by atoms with Gasteiger partial charge in [-0.3, -0.25) is 0 Å². The van der Waals surface area contributed by atoms with Gasteiger partial charge in [-0.05, 0) is 28.5 Å². The van der Waals surface area contributed by atoms with Crippen LogP contribution >= 0.6 is 0 Å². The van der Waals surface area contributed by atoms with Crippen LogP contribution in [0.3, 0.4) is 0 Å². The van der Waals surface area contributed by atoms with Crippen LogP contribution in [0.2, 0.25) is 0 Å². The Balaban J connectivity index is 2.05. The lowest BCUT2D eigenvalue weighted by Gasteiger charge is -2.03. The molecule has 3 rings (SSSR count). The number of aromatic amines is 1. The van der Waals surface area contributed by atoms with Crippen LogP contribution in [0.15, 0.2) is 18.2 Å². The summed E-state index contributed by atoms with van der Waals surface area (Å²) in [5.74, 6) is 1.63. The summed E-state index contributed by atoms with van der Waals surface area (Å²) in [7, 11) is 0. The van der Waals surface area contributed by atoms with E-state index < -0.39 is 0 Å². The van der Waals surface area contributed by atoms with Crippen LogP contribution in [0.1, 0.15) is 45.0 Å². The molecule has 2 aromatic rings. The highest BCUT2D eigenvalue weighted by Crippen LogP contribution is 2.73. The molecule has 0 saturated heterocycles. The number of aromatic nitrogens is 2. The molecule has 18 heavy (non-hydrogen) atoms. The standard InChI is InChI=1S/C15H21N3/c1-14(2)12(15(14,3)4)13-17-10-6-5-9(8-16)7-11(10)18-13/h5-7,12H,8,16H2,1-4H3,(H,17,18). The van der Waals surface area contributed by atoms with E-state index in [4.69, 9.17) is 10.7 Å². The fraction of sp³-hybridized carbons (Fsp3) is 0.533. The maximum absolute atomic E-state index is 5.67. The van der Waals surface area contributed by atoms with Crippen LogP contribution in [-0.4, -0.2) is 9.97 Å². The Morgan fingerprint density at radius 3 is 2.44 bits per heavy atom. The van der Waals surface area contributed by atoms with Gasteiger partial charge in [0.25, 0.3) is 0 Å². The normalized spacial score (nSPS) is 21.4. The Kier molecular flexibility index (Phi) is 2.18. The number of nitrogens with zero attached hydrogens (tertiary/aromatic N) is 1. The lowest BCUT2D eigenvalue weighted by atomic mass is 10.0. The van der Waals surface area contributed by atoms with Gasteiger partial charge in [-0.1, -0.05) is 33.8 Å². The zero-order valence-electron chi connectivity index (χ0n) is 11.5. The van der Waals surface area contributed by atoms with Crippen molar-refractivity contribution < 1.29 is 0 Å². The third-order valence-corrected chi connectivity index (χ3v) is 5.09. The second kappa shape index (κ2) is 3.35. The Labute approximate surface area is 108 Å². The molecule has 0 unspecified atom stereocenters. The average molecular weight is 243 g/mol. The minimum Gasteiger partial charge on any atom is -0.342 e. The van der Waals surface area contributed by atoms with Crippen molar-refractivity contribution >= 4 is 11.0 Å². The van der Waals surface area contributed by atoms with Crippen LogP contribution in [0, 0.1) is 10.8 Å². The van der Waals surface area contributed by atoms with Crippen molar-refractivity contribution in [3.8, 4) is 0 Å². The monoisotopic (exact) mass is 243 g/mol. The van der Waals surface area contributed by atoms with Crippen molar-refractivity contribution in [3.05, 3.63) is 29.6 Å². The molecule has 1 aromatic carbocycles. The summed E-state index contributed by atoms with van der Waals surface area (Å²) in [5, 5.41) is 0. The topological polar surface area (TPSA) is 54.7 Å². The molecule has 1 heterocycles. The summed E-state index contributed by atoms with van der Waals surface area (Å²) in [5.41, 5.74) is 9.60. The van der Waals surface area contributed by atoms with Gasteiger partial charge in [0.2, 0.25) is 0 Å². The van der Waals surface area contributed by atoms with Crippen molar-refractivity contribution in [1.82, 2.24) is 9.97 Å². The van der Waals surface area contributed by atoms with E-state index in [0.717, 1.165) is 22.4 Å². The number of H-pyrrole nitrogens is 1. The Hall–Kier alpha value is -1.35. The molecule has 1 fully saturated rings. The van der Waals surface area contributed by atoms with Crippen molar-refractivity contribution in [2.45, 2.75) is 40.2 Å². The molecule has 0 radical (unpaired) electrons. The molecule has 1 saturated carbocycles. The fourth-order valence-electron chi connectivity index (χ4n) is 3.22. The first-order valence-corrected chi connectivity index (χ1v) is 6.56. The van der Waals surface area contributed by atoms with Gasteiger partial charge in [-0.2, -0.15) is 0 Å². The summed E-state index contributed by atoms with van der Waals surface area (Å²) >= 11 is 0. The van der Waals surface area contributed by atoms with Gasteiger partial charge >= 0.3 is 0 Å². The molecule has 0 aliphatic heterocycles. The molecule has 0 amide bonds. The first-order chi connectivity index (χ1) is 8.38. The Morgan fingerprint density at radius 2 is 1.89 bits per heavy atom. The van der Waals surface area contributed by atoms with E-state index in [2.05, 4.69) is 50.9 Å². The smallest absolute Gasteiger partial charge is 0.111 e. The molecular weight excluding hydrogens is 222 g/mol. The van der Waals surface area contributed by atoms with E-state index in [1.807, 2.05) is 0 Å². The molecule has 1 aliphatic carbocycles. The minimum atomic E-state index is 0.317. The highest BCUT2D eigenvalue weighted by molar-refractivity contribution is 5.76. The Bertz CT molecular complexity index is 593. The number of nitrogens with two attached hydrogens (primary N) is 1. The van der Waals surface area contributed by atoms with Gasteiger partial charge in [0.1, 0.15) is 5.82 Å². The largest absolute Gasteiger partial charge is 0.342 e. The maximum Gasteiger partial charge on any atom is 0.111 e. The number of benzene rings is 1. The van der Waals surface area contributed by atoms with Crippen molar-refractivity contribution in [2.24, 2.45) is 16.6 Å². The third kappa shape index (κ3) is 1.37. The maximum atomic E-state index is 5.67. The SMILES string of the molecule is CC1(C)C(c2nc3ccc(CN)cc3[nH]2)C1(C)C. The number of rotatable bonds is 2. The zero-order valence-corrected chi connectivity index (χ0v) is 11.5. The molecule has 1 aromatic heterocycles. The average Bonchev–Trinajstić information content (AvgIpc) is 2.64. The third-order valence-electron chi connectivity index (χ3n) is 5.09. The number of fused-ring (bicyclic) bond motifs is 1. The van der Waals surface area contributed by atoms with Crippen molar-refractivity contribution in [3.63, 3.8) is 0 Å². The minimum absolute atomic E-state index is 0.317. The van der Waals surface area contributed by atoms with E-state index in [1.54, 1.807) is 0 Å². The van der Waals surface area contributed by atoms with Gasteiger partial charge in [-0.15, -0.1) is 0 Å². The quantitative estimate of drug-likeness (QED) is 0.851. The summed E-state index contributed by atoms with van der Waals surface area (Å²) in [6.45, 7) is 9.84. The van der Waals surface area contributed by atoms with Gasteiger partial charge in [0, 0.05) is 12.5 Å². The highest BCUT2D eigenvalue weighted by atomic mass is 15.0. The van der Waals surface area contributed by atoms with Crippen LogP contribution in [-0.2, 0) is 6.54 Å². The van der Waals surface area contributed by atoms with E-state index in [1.165, 1.54) is 0 Å². The molecule has 1 aliphatic rings. The highest BCUT2D eigenvalue weighted by Gasteiger charge is 2.66. The van der Waals surface area contributed by atoms with Gasteiger partial charge < -0.3 is 10.7 Å². The molecule has 3 nitrogen and oxygen atoms in total. The van der Waals surface area contributed by atoms with Crippen LogP contribution in [0.5, 0.6) is 0 Å². The Morgan fingerprint density at radius 1 is 1.22 bits per heavy atom. The second-order valence-electron chi connectivity index (χ2n) is 6.55. The molecule has 0 bridgehead atoms. The molecule has 0 spiro atoms. The summed E-state index contributed by atoms with van der Waals surface area (Å²) < 4.78 is 0. The van der Waals surface area contributed by atoms with E-state index in [-0.39, 0.29) is 0 Å². The summed E-state index contributed by atoms with van der Waals surface area (Å²) in [6, 6.07) is 6.21. The predicted molar refractivity (Wildman–Crippen MR) is 74.3 cm³/mol. The van der Waals surface area contributed by atoms with Gasteiger partial charge in [0.15, 0.2) is 0 Å². The fourth-order valence-corrected chi connectivity index (χ4v) is 3.22. The second-order valence-corrected chi connectivity index (χ2v) is 6.55.